The Kier molecular flexibility index (Phi) is 5.23. The number of aliphatic hydroxyl groups is 4. The molecule has 0 aliphatic carbocycles. The average molecular weight is 356 g/mol. The number of hydrogen-bond donors (Lipinski definition) is 4. The molecule has 9 heteroatoms. The summed E-state index contributed by atoms with van der Waals surface area (Å²) in [4.78, 5) is 11.8. The Labute approximate surface area is 143 Å². The molecule has 0 aromatic rings. The van der Waals surface area contributed by atoms with Crippen molar-refractivity contribution in [2.24, 2.45) is 5.92 Å². The lowest BCUT2D eigenvalue weighted by Gasteiger charge is -2.42. The van der Waals surface area contributed by atoms with Crippen molar-refractivity contribution in [2.45, 2.75) is 37.0 Å². The second kappa shape index (κ2) is 7.24. The van der Waals surface area contributed by atoms with Gasteiger partial charge < -0.3 is 39.4 Å². The summed E-state index contributed by atoms with van der Waals surface area (Å²) in [5.74, 6) is -1.06. The van der Waals surface area contributed by atoms with E-state index in [-0.39, 0.29) is 12.2 Å². The van der Waals surface area contributed by atoms with Gasteiger partial charge in [0.25, 0.3) is 0 Å². The van der Waals surface area contributed by atoms with Gasteiger partial charge >= 0.3 is 5.97 Å². The molecule has 1 fully saturated rings. The third-order valence-corrected chi connectivity index (χ3v) is 4.39. The van der Waals surface area contributed by atoms with Gasteiger partial charge in [0, 0.05) is 0 Å². The molecule has 0 saturated carbocycles. The zero-order chi connectivity index (χ0) is 18.1. The first-order valence-corrected chi connectivity index (χ1v) is 7.79. The minimum atomic E-state index is -1.56. The van der Waals surface area contributed by atoms with Crippen LogP contribution in [-0.2, 0) is 23.7 Å². The van der Waals surface area contributed by atoms with Gasteiger partial charge in [-0.05, 0) is 11.6 Å². The third kappa shape index (κ3) is 3.22. The normalized spacial score (nSPS) is 41.0. The lowest BCUT2D eigenvalue weighted by atomic mass is 9.89. The summed E-state index contributed by atoms with van der Waals surface area (Å²) < 4.78 is 21.2. The van der Waals surface area contributed by atoms with Gasteiger partial charge in [0.15, 0.2) is 6.29 Å². The van der Waals surface area contributed by atoms with Crippen molar-refractivity contribution >= 4 is 5.97 Å². The van der Waals surface area contributed by atoms with Crippen molar-refractivity contribution in [3.63, 3.8) is 0 Å². The van der Waals surface area contributed by atoms with Crippen LogP contribution in [0.25, 0.3) is 0 Å². The van der Waals surface area contributed by atoms with E-state index in [2.05, 4.69) is 6.58 Å². The summed E-state index contributed by atoms with van der Waals surface area (Å²) in [5, 5.41) is 38.9. The van der Waals surface area contributed by atoms with Crippen LogP contribution in [0.2, 0.25) is 0 Å². The third-order valence-electron chi connectivity index (χ3n) is 4.39. The number of carbonyl (C=O) groups is 1. The van der Waals surface area contributed by atoms with E-state index in [1.807, 2.05) is 0 Å². The van der Waals surface area contributed by atoms with Gasteiger partial charge in [0.1, 0.15) is 37.3 Å². The number of esters is 1. The first kappa shape index (κ1) is 18.1. The summed E-state index contributed by atoms with van der Waals surface area (Å²) >= 11 is 0. The number of ether oxygens (including phenoxy) is 4. The minimum Gasteiger partial charge on any atom is -0.471 e. The summed E-state index contributed by atoms with van der Waals surface area (Å²) in [6, 6.07) is 0. The molecule has 3 aliphatic rings. The fraction of sp³-hybridized carbons (Fsp3) is 0.562. The largest absolute Gasteiger partial charge is 0.471 e. The number of rotatable bonds is 4. The van der Waals surface area contributed by atoms with Crippen LogP contribution in [0, 0.1) is 5.92 Å². The fourth-order valence-electron chi connectivity index (χ4n) is 2.98. The van der Waals surface area contributed by atoms with Gasteiger partial charge in [0.05, 0.1) is 18.1 Å². The predicted molar refractivity (Wildman–Crippen MR) is 80.5 cm³/mol. The van der Waals surface area contributed by atoms with Crippen molar-refractivity contribution < 1.29 is 44.2 Å². The van der Waals surface area contributed by atoms with E-state index < -0.39 is 55.5 Å². The van der Waals surface area contributed by atoms with Crippen molar-refractivity contribution in [1.82, 2.24) is 0 Å². The second-order valence-electron chi connectivity index (χ2n) is 5.89. The molecule has 7 atom stereocenters. The molecule has 0 unspecified atom stereocenters. The first-order chi connectivity index (χ1) is 12.0. The van der Waals surface area contributed by atoms with Crippen LogP contribution in [0.1, 0.15) is 0 Å². The highest BCUT2D eigenvalue weighted by molar-refractivity contribution is 5.94. The van der Waals surface area contributed by atoms with E-state index in [1.165, 1.54) is 12.3 Å². The number of aliphatic hydroxyl groups excluding tert-OH is 4. The van der Waals surface area contributed by atoms with Gasteiger partial charge in [-0.3, -0.25) is 0 Å². The zero-order valence-electron chi connectivity index (χ0n) is 13.2. The molecular weight excluding hydrogens is 336 g/mol. The van der Waals surface area contributed by atoms with Crippen LogP contribution in [0.3, 0.4) is 0 Å². The van der Waals surface area contributed by atoms with Crippen LogP contribution >= 0.6 is 0 Å². The molecule has 0 bridgehead atoms. The monoisotopic (exact) mass is 356 g/mol. The Hall–Kier alpha value is -1.75. The van der Waals surface area contributed by atoms with E-state index in [1.54, 1.807) is 6.08 Å². The molecule has 0 amide bonds. The molecule has 0 aromatic heterocycles. The Bertz CT molecular complexity index is 596. The number of hydrogen-bond acceptors (Lipinski definition) is 9. The van der Waals surface area contributed by atoms with Crippen molar-refractivity contribution in [1.29, 1.82) is 0 Å². The molecule has 3 rings (SSSR count). The average Bonchev–Trinajstić information content (AvgIpc) is 2.62. The quantitative estimate of drug-likeness (QED) is 0.344. The van der Waals surface area contributed by atoms with Crippen molar-refractivity contribution in [2.75, 3.05) is 13.2 Å². The summed E-state index contributed by atoms with van der Waals surface area (Å²) in [6.07, 6.45) is -3.61. The number of cyclic esters (lactones) is 1. The summed E-state index contributed by atoms with van der Waals surface area (Å²) in [6.45, 7) is 3.25. The van der Waals surface area contributed by atoms with Gasteiger partial charge in [-0.2, -0.15) is 0 Å². The maximum Gasteiger partial charge on any atom is 0.341 e. The Morgan fingerprint density at radius 1 is 1.24 bits per heavy atom. The molecule has 0 radical (unpaired) electrons. The topological polar surface area (TPSA) is 135 Å². The number of carbonyl (C=O) groups excluding carboxylic acids is 1. The fourth-order valence-corrected chi connectivity index (χ4v) is 2.98. The van der Waals surface area contributed by atoms with E-state index in [0.717, 1.165) is 0 Å². The molecule has 3 aliphatic heterocycles. The van der Waals surface area contributed by atoms with Crippen LogP contribution < -0.4 is 0 Å². The van der Waals surface area contributed by atoms with Gasteiger partial charge in [0.2, 0.25) is 6.29 Å². The highest BCUT2D eigenvalue weighted by atomic mass is 16.8. The van der Waals surface area contributed by atoms with Gasteiger partial charge in [-0.15, -0.1) is 6.58 Å². The molecule has 0 aromatic carbocycles. The van der Waals surface area contributed by atoms with Crippen molar-refractivity contribution in [3.05, 3.63) is 36.1 Å². The second-order valence-corrected chi connectivity index (χ2v) is 5.89. The molecule has 0 spiro atoms. The SMILES string of the molecule is C=C[C@@H]1C2=CCOC(=O)C2=CO[C@H]1O[C@@H]1O[C@H](CO)[C@@H](O)[C@H](O)[C@H]1O. The van der Waals surface area contributed by atoms with E-state index in [9.17, 15) is 25.2 Å². The van der Waals surface area contributed by atoms with E-state index >= 15 is 0 Å². The lowest BCUT2D eigenvalue weighted by molar-refractivity contribution is -0.336. The molecule has 4 N–H and O–H groups in total. The van der Waals surface area contributed by atoms with Crippen LogP contribution in [0.5, 0.6) is 0 Å². The van der Waals surface area contributed by atoms with Gasteiger partial charge in [-0.25, -0.2) is 4.79 Å². The van der Waals surface area contributed by atoms with Crippen LogP contribution in [0.4, 0.5) is 0 Å². The standard InChI is InChI=1S/C16H20O9/c1-2-7-8-3-4-22-14(21)9(8)6-23-15(7)25-16-13(20)12(19)11(18)10(5-17)24-16/h2-3,6-7,10-13,15-20H,1,4-5H2/t7-,10-,11-,12+,13-,15+,16+/m1/s1. The Morgan fingerprint density at radius 3 is 2.68 bits per heavy atom. The maximum atomic E-state index is 11.8. The molecular formula is C16H20O9. The lowest BCUT2D eigenvalue weighted by Crippen LogP contribution is -2.60. The molecule has 138 valence electrons. The minimum absolute atomic E-state index is 0.114. The van der Waals surface area contributed by atoms with E-state index in [4.69, 9.17) is 18.9 Å². The van der Waals surface area contributed by atoms with Crippen LogP contribution in [-0.4, -0.2) is 76.6 Å². The van der Waals surface area contributed by atoms with Crippen molar-refractivity contribution in [3.8, 4) is 0 Å². The maximum absolute atomic E-state index is 11.8. The smallest absolute Gasteiger partial charge is 0.341 e. The molecule has 1 saturated heterocycles. The molecule has 9 nitrogen and oxygen atoms in total. The van der Waals surface area contributed by atoms with E-state index in [0.29, 0.717) is 5.57 Å². The molecule has 3 heterocycles. The zero-order valence-corrected chi connectivity index (χ0v) is 13.2. The summed E-state index contributed by atoms with van der Waals surface area (Å²) in [5.41, 5.74) is 0.872. The molecule has 25 heavy (non-hydrogen) atoms. The Balaban J connectivity index is 1.78. The van der Waals surface area contributed by atoms with Crippen LogP contribution in [0.15, 0.2) is 36.1 Å². The highest BCUT2D eigenvalue weighted by Gasteiger charge is 2.46. The summed E-state index contributed by atoms with van der Waals surface area (Å²) in [7, 11) is 0. The number of fused-ring (bicyclic) bond motifs is 1. The first-order valence-electron chi connectivity index (χ1n) is 7.79. The van der Waals surface area contributed by atoms with Gasteiger partial charge in [-0.1, -0.05) is 6.08 Å². The predicted octanol–water partition coefficient (Wildman–Crippen LogP) is -1.67. The Morgan fingerprint density at radius 2 is 2.00 bits per heavy atom. The highest BCUT2D eigenvalue weighted by Crippen LogP contribution is 2.35.